The van der Waals surface area contributed by atoms with Crippen LogP contribution < -0.4 is 5.32 Å². The first-order valence-electron chi connectivity index (χ1n) is 9.20. The maximum Gasteiger partial charge on any atom is 0.137 e. The first-order chi connectivity index (χ1) is 11.3. The van der Waals surface area contributed by atoms with Gasteiger partial charge in [0.15, 0.2) is 0 Å². The number of pyridine rings is 1. The van der Waals surface area contributed by atoms with Gasteiger partial charge in [-0.15, -0.1) is 0 Å². The molecule has 2 saturated heterocycles. The van der Waals surface area contributed by atoms with Crippen molar-refractivity contribution < 1.29 is 0 Å². The molecule has 0 radical (unpaired) electrons. The average molecular weight is 312 g/mol. The molecule has 2 aliphatic rings. The lowest BCUT2D eigenvalue weighted by Gasteiger charge is -2.31. The molecule has 0 amide bonds. The summed E-state index contributed by atoms with van der Waals surface area (Å²) in [6.45, 7) is 8.18. The summed E-state index contributed by atoms with van der Waals surface area (Å²) in [7, 11) is 0. The van der Waals surface area contributed by atoms with E-state index in [1.165, 1.54) is 55.4 Å². The molecule has 0 saturated carbocycles. The normalized spacial score (nSPS) is 26.7. The smallest absolute Gasteiger partial charge is 0.137 e. The fourth-order valence-electron chi connectivity index (χ4n) is 4.37. The summed E-state index contributed by atoms with van der Waals surface area (Å²) in [6.07, 6.45) is 7.17. The molecule has 2 aromatic rings. The second-order valence-electron chi connectivity index (χ2n) is 7.44. The molecule has 0 unspecified atom stereocenters. The number of hydrogen-bond donors (Lipinski definition) is 2. The summed E-state index contributed by atoms with van der Waals surface area (Å²) >= 11 is 0. The number of nitrogens with zero attached hydrogens (tertiary/aromatic N) is 2. The molecule has 4 rings (SSSR count). The minimum Gasteiger partial charge on any atom is -0.343 e. The first kappa shape index (κ1) is 15.2. The molecule has 0 aromatic carbocycles. The zero-order valence-corrected chi connectivity index (χ0v) is 14.1. The highest BCUT2D eigenvalue weighted by Gasteiger charge is 2.25. The number of hydrogen-bond acceptors (Lipinski definition) is 3. The van der Waals surface area contributed by atoms with Crippen molar-refractivity contribution in [3.05, 3.63) is 29.6 Å². The van der Waals surface area contributed by atoms with Crippen LogP contribution in [-0.2, 0) is 6.54 Å². The lowest BCUT2D eigenvalue weighted by molar-refractivity contribution is 0.176. The van der Waals surface area contributed by atoms with Crippen LogP contribution in [0.3, 0.4) is 0 Å². The van der Waals surface area contributed by atoms with Crippen molar-refractivity contribution in [2.45, 2.75) is 45.1 Å². The molecule has 4 nitrogen and oxygen atoms in total. The maximum absolute atomic E-state index is 4.57. The third-order valence-electron chi connectivity index (χ3n) is 5.54. The van der Waals surface area contributed by atoms with Gasteiger partial charge in [0.1, 0.15) is 5.65 Å². The van der Waals surface area contributed by atoms with Gasteiger partial charge in [-0.2, -0.15) is 0 Å². The molecule has 0 bridgehead atoms. The van der Waals surface area contributed by atoms with E-state index < -0.39 is 0 Å². The number of likely N-dealkylation sites (tertiary alicyclic amines) is 1. The Morgan fingerprint density at radius 2 is 2.26 bits per heavy atom. The number of H-pyrrole nitrogens is 1. The number of piperidine rings is 2. The Morgan fingerprint density at radius 3 is 3.09 bits per heavy atom. The SMILES string of the molecule is C[C@@H]1CCCN(Cc2c([C@@H]3CCCNC3)[nH]c3ncccc23)C1. The number of aromatic amines is 1. The van der Waals surface area contributed by atoms with Crippen LogP contribution in [0.5, 0.6) is 0 Å². The number of fused-ring (bicyclic) bond motifs is 1. The van der Waals surface area contributed by atoms with E-state index in [1.807, 2.05) is 6.20 Å². The molecule has 2 N–H and O–H groups in total. The molecular formula is C19H28N4. The van der Waals surface area contributed by atoms with Crippen molar-refractivity contribution >= 4 is 11.0 Å². The van der Waals surface area contributed by atoms with Gasteiger partial charge in [0.25, 0.3) is 0 Å². The van der Waals surface area contributed by atoms with Crippen LogP contribution in [0.25, 0.3) is 11.0 Å². The molecule has 4 heteroatoms. The van der Waals surface area contributed by atoms with Gasteiger partial charge in [0, 0.05) is 42.8 Å². The fraction of sp³-hybridized carbons (Fsp3) is 0.632. The minimum atomic E-state index is 0.607. The summed E-state index contributed by atoms with van der Waals surface area (Å²) in [5, 5.41) is 4.89. The van der Waals surface area contributed by atoms with E-state index in [1.54, 1.807) is 0 Å². The van der Waals surface area contributed by atoms with Crippen molar-refractivity contribution in [3.8, 4) is 0 Å². The van der Waals surface area contributed by atoms with E-state index >= 15 is 0 Å². The molecule has 2 aromatic heterocycles. The number of aromatic nitrogens is 2. The van der Waals surface area contributed by atoms with E-state index in [9.17, 15) is 0 Å². The van der Waals surface area contributed by atoms with Crippen molar-refractivity contribution in [2.24, 2.45) is 5.92 Å². The lowest BCUT2D eigenvalue weighted by atomic mass is 9.92. The predicted octanol–water partition coefficient (Wildman–Crippen LogP) is 3.26. The van der Waals surface area contributed by atoms with Crippen molar-refractivity contribution in [3.63, 3.8) is 0 Å². The van der Waals surface area contributed by atoms with Crippen LogP contribution in [0, 0.1) is 5.92 Å². The van der Waals surface area contributed by atoms with Crippen LogP contribution in [0.4, 0.5) is 0 Å². The van der Waals surface area contributed by atoms with Crippen LogP contribution in [-0.4, -0.2) is 41.0 Å². The molecule has 4 heterocycles. The Balaban J connectivity index is 1.67. The summed E-state index contributed by atoms with van der Waals surface area (Å²) < 4.78 is 0. The zero-order chi connectivity index (χ0) is 15.6. The molecule has 2 aliphatic heterocycles. The second kappa shape index (κ2) is 6.62. The highest BCUT2D eigenvalue weighted by Crippen LogP contribution is 2.32. The van der Waals surface area contributed by atoms with Gasteiger partial charge in [-0.3, -0.25) is 4.90 Å². The monoisotopic (exact) mass is 312 g/mol. The van der Waals surface area contributed by atoms with Gasteiger partial charge in [0.2, 0.25) is 0 Å². The van der Waals surface area contributed by atoms with Gasteiger partial charge >= 0.3 is 0 Å². The van der Waals surface area contributed by atoms with E-state index in [0.29, 0.717) is 5.92 Å². The van der Waals surface area contributed by atoms with E-state index in [4.69, 9.17) is 0 Å². The van der Waals surface area contributed by atoms with Gasteiger partial charge in [0.05, 0.1) is 0 Å². The van der Waals surface area contributed by atoms with Gasteiger partial charge < -0.3 is 10.3 Å². The Hall–Kier alpha value is -1.39. The third kappa shape index (κ3) is 3.15. The topological polar surface area (TPSA) is 44.0 Å². The van der Waals surface area contributed by atoms with E-state index in [0.717, 1.165) is 31.2 Å². The standard InChI is InChI=1S/C19H28N4/c1-14-5-4-10-23(12-14)13-17-16-7-3-9-21-19(16)22-18(17)15-6-2-8-20-11-15/h3,7,9,14-15,20H,2,4-6,8,10-13H2,1H3,(H,21,22)/t14-,15-/m1/s1. The van der Waals surface area contributed by atoms with Crippen LogP contribution in [0.2, 0.25) is 0 Å². The largest absolute Gasteiger partial charge is 0.343 e. The molecule has 23 heavy (non-hydrogen) atoms. The number of rotatable bonds is 3. The molecular weight excluding hydrogens is 284 g/mol. The van der Waals surface area contributed by atoms with Crippen LogP contribution >= 0.6 is 0 Å². The minimum absolute atomic E-state index is 0.607. The summed E-state index contributed by atoms with van der Waals surface area (Å²) in [5.41, 5.74) is 3.99. The summed E-state index contributed by atoms with van der Waals surface area (Å²) in [4.78, 5) is 10.9. The van der Waals surface area contributed by atoms with Gasteiger partial charge in [-0.1, -0.05) is 6.92 Å². The quantitative estimate of drug-likeness (QED) is 0.914. The third-order valence-corrected chi connectivity index (χ3v) is 5.54. The number of nitrogens with one attached hydrogen (secondary N) is 2. The molecule has 2 atom stereocenters. The Kier molecular flexibility index (Phi) is 4.36. The Bertz CT molecular complexity index is 656. The predicted molar refractivity (Wildman–Crippen MR) is 94.6 cm³/mol. The first-order valence-corrected chi connectivity index (χ1v) is 9.20. The van der Waals surface area contributed by atoms with Crippen LogP contribution in [0.15, 0.2) is 18.3 Å². The van der Waals surface area contributed by atoms with Crippen molar-refractivity contribution in [2.75, 3.05) is 26.2 Å². The van der Waals surface area contributed by atoms with Crippen LogP contribution in [0.1, 0.15) is 49.8 Å². The van der Waals surface area contributed by atoms with Crippen molar-refractivity contribution in [1.82, 2.24) is 20.2 Å². The molecule has 0 aliphatic carbocycles. The molecule has 0 spiro atoms. The second-order valence-corrected chi connectivity index (χ2v) is 7.44. The summed E-state index contributed by atoms with van der Waals surface area (Å²) in [6, 6.07) is 4.31. The van der Waals surface area contributed by atoms with Gasteiger partial charge in [-0.05, 0) is 62.4 Å². The maximum atomic E-state index is 4.57. The highest BCUT2D eigenvalue weighted by atomic mass is 15.1. The molecule has 2 fully saturated rings. The Labute approximate surface area is 138 Å². The zero-order valence-electron chi connectivity index (χ0n) is 14.1. The van der Waals surface area contributed by atoms with Gasteiger partial charge in [-0.25, -0.2) is 4.98 Å². The summed E-state index contributed by atoms with van der Waals surface area (Å²) in [5.74, 6) is 1.43. The average Bonchev–Trinajstić information content (AvgIpc) is 2.95. The lowest BCUT2D eigenvalue weighted by Crippen LogP contribution is -2.34. The van der Waals surface area contributed by atoms with Crippen molar-refractivity contribution in [1.29, 1.82) is 0 Å². The fourth-order valence-corrected chi connectivity index (χ4v) is 4.37. The molecule has 124 valence electrons. The van der Waals surface area contributed by atoms with E-state index in [-0.39, 0.29) is 0 Å². The Morgan fingerprint density at radius 1 is 1.30 bits per heavy atom. The van der Waals surface area contributed by atoms with E-state index in [2.05, 4.69) is 39.2 Å². The highest BCUT2D eigenvalue weighted by molar-refractivity contribution is 5.81.